The van der Waals surface area contributed by atoms with E-state index in [9.17, 15) is 14.4 Å². The molecule has 184 valence electrons. The number of piperidine rings is 1. The SMILES string of the molecule is O=C1OC2N(OC1=O)C(=O)OC21CCN(CCOCc2ccc(Cl)cc2-c2ccccc2Cl)CC1. The molecule has 35 heavy (non-hydrogen) atoms. The van der Waals surface area contributed by atoms with E-state index in [0.717, 1.165) is 16.7 Å². The van der Waals surface area contributed by atoms with Gasteiger partial charge in [-0.2, -0.15) is 0 Å². The summed E-state index contributed by atoms with van der Waals surface area (Å²) < 4.78 is 16.6. The van der Waals surface area contributed by atoms with Crippen molar-refractivity contribution in [1.82, 2.24) is 9.96 Å². The molecule has 0 radical (unpaired) electrons. The molecular weight excluding hydrogens is 499 g/mol. The number of hydroxylamine groups is 2. The summed E-state index contributed by atoms with van der Waals surface area (Å²) in [5.74, 6) is -2.36. The van der Waals surface area contributed by atoms with E-state index in [1.165, 1.54) is 0 Å². The van der Waals surface area contributed by atoms with E-state index in [1.54, 1.807) is 0 Å². The quantitative estimate of drug-likeness (QED) is 0.322. The van der Waals surface area contributed by atoms with Gasteiger partial charge in [0.15, 0.2) is 5.60 Å². The molecule has 11 heteroatoms. The molecule has 1 unspecified atom stereocenters. The van der Waals surface area contributed by atoms with Gasteiger partial charge in [0, 0.05) is 48.1 Å². The highest BCUT2D eigenvalue weighted by molar-refractivity contribution is 6.34. The summed E-state index contributed by atoms with van der Waals surface area (Å²) in [6.07, 6.45) is -1.03. The molecule has 2 aromatic rings. The fraction of sp³-hybridized carbons (Fsp3) is 0.375. The first kappa shape index (κ1) is 23.9. The number of ether oxygens (including phenoxy) is 3. The highest BCUT2D eigenvalue weighted by Crippen LogP contribution is 2.41. The number of halogens is 2. The molecule has 2 aromatic carbocycles. The van der Waals surface area contributed by atoms with Crippen molar-refractivity contribution in [3.63, 3.8) is 0 Å². The standard InChI is InChI=1S/C24H22Cl2N2O7/c25-16-6-5-15(18(13-16)17-3-1-2-4-19(17)26)14-32-12-11-27-9-7-24(8-10-27)22-28(23(31)34-24)35-21(30)20(29)33-22/h1-6,13,22H,7-12,14H2. The van der Waals surface area contributed by atoms with Crippen LogP contribution in [0.3, 0.4) is 0 Å². The molecule has 0 bridgehead atoms. The number of carbonyl (C=O) groups excluding carboxylic acids is 3. The van der Waals surface area contributed by atoms with Crippen molar-refractivity contribution in [2.75, 3.05) is 26.2 Å². The van der Waals surface area contributed by atoms with Crippen LogP contribution in [0.5, 0.6) is 0 Å². The van der Waals surface area contributed by atoms with Gasteiger partial charge < -0.3 is 23.9 Å². The predicted molar refractivity (Wildman–Crippen MR) is 124 cm³/mol. The number of esters is 1. The minimum absolute atomic E-state index is 0.394. The number of hydrogen-bond acceptors (Lipinski definition) is 8. The van der Waals surface area contributed by atoms with Crippen LogP contribution >= 0.6 is 23.2 Å². The summed E-state index contributed by atoms with van der Waals surface area (Å²) >= 11 is 12.6. The zero-order chi connectivity index (χ0) is 24.6. The first-order valence-corrected chi connectivity index (χ1v) is 11.9. The first-order chi connectivity index (χ1) is 16.9. The lowest BCUT2D eigenvalue weighted by molar-refractivity contribution is -0.251. The van der Waals surface area contributed by atoms with E-state index < -0.39 is 29.9 Å². The number of rotatable bonds is 6. The number of hydrogen-bond donors (Lipinski definition) is 0. The maximum absolute atomic E-state index is 12.1. The zero-order valence-electron chi connectivity index (χ0n) is 18.6. The highest BCUT2D eigenvalue weighted by atomic mass is 35.5. The van der Waals surface area contributed by atoms with Gasteiger partial charge in [0.2, 0.25) is 0 Å². The fourth-order valence-corrected chi connectivity index (χ4v) is 4.99. The molecular formula is C24H22Cl2N2O7. The second-order valence-corrected chi connectivity index (χ2v) is 9.41. The van der Waals surface area contributed by atoms with Crippen LogP contribution in [0, 0.1) is 0 Å². The molecule has 1 spiro atoms. The molecule has 0 aromatic heterocycles. The molecule has 0 N–H and O–H groups in total. The Labute approximate surface area is 211 Å². The first-order valence-electron chi connectivity index (χ1n) is 11.1. The van der Waals surface area contributed by atoms with E-state index in [-0.39, 0.29) is 0 Å². The Kier molecular flexibility index (Phi) is 6.59. The van der Waals surface area contributed by atoms with Crippen LogP contribution < -0.4 is 0 Å². The Hall–Kier alpha value is -2.85. The lowest BCUT2D eigenvalue weighted by Crippen LogP contribution is -2.57. The van der Waals surface area contributed by atoms with Gasteiger partial charge >= 0.3 is 18.0 Å². The number of amides is 1. The van der Waals surface area contributed by atoms with Crippen molar-refractivity contribution in [1.29, 1.82) is 0 Å². The number of likely N-dealkylation sites (tertiary alicyclic amines) is 1. The average molecular weight is 521 g/mol. The van der Waals surface area contributed by atoms with Gasteiger partial charge in [-0.1, -0.05) is 52.5 Å². The summed E-state index contributed by atoms with van der Waals surface area (Å²) in [6.45, 7) is 2.74. The summed E-state index contributed by atoms with van der Waals surface area (Å²) in [5.41, 5.74) is 1.77. The van der Waals surface area contributed by atoms with Crippen LogP contribution in [-0.2, 0) is 35.2 Å². The van der Waals surface area contributed by atoms with Gasteiger partial charge in [0.05, 0.1) is 13.2 Å². The van der Waals surface area contributed by atoms with E-state index >= 15 is 0 Å². The largest absolute Gasteiger partial charge is 0.447 e. The summed E-state index contributed by atoms with van der Waals surface area (Å²) in [5, 5.41) is 1.98. The molecule has 3 aliphatic heterocycles. The average Bonchev–Trinajstić information content (AvgIpc) is 3.09. The highest BCUT2D eigenvalue weighted by Gasteiger charge is 2.62. The third-order valence-electron chi connectivity index (χ3n) is 6.45. The van der Waals surface area contributed by atoms with Crippen molar-refractivity contribution in [2.45, 2.75) is 31.3 Å². The normalized spacial score (nSPS) is 21.5. The van der Waals surface area contributed by atoms with Crippen molar-refractivity contribution in [3.05, 3.63) is 58.1 Å². The molecule has 0 aliphatic carbocycles. The molecule has 0 saturated carbocycles. The van der Waals surface area contributed by atoms with Crippen molar-refractivity contribution < 1.29 is 33.4 Å². The maximum Gasteiger partial charge on any atom is 0.447 e. The Morgan fingerprint density at radius 2 is 1.77 bits per heavy atom. The van der Waals surface area contributed by atoms with Crippen LogP contribution in [0.4, 0.5) is 4.79 Å². The molecule has 1 atom stereocenters. The Morgan fingerprint density at radius 3 is 2.54 bits per heavy atom. The van der Waals surface area contributed by atoms with Gasteiger partial charge in [0.1, 0.15) is 0 Å². The van der Waals surface area contributed by atoms with Gasteiger partial charge in [-0.3, -0.25) is 0 Å². The zero-order valence-corrected chi connectivity index (χ0v) is 20.1. The lowest BCUT2D eigenvalue weighted by atomic mass is 9.89. The number of carbonyl (C=O) groups is 3. The molecule has 3 heterocycles. The number of fused-ring (bicyclic) bond motifs is 2. The minimum Gasteiger partial charge on any atom is -0.434 e. The van der Waals surface area contributed by atoms with Crippen LogP contribution in [0.25, 0.3) is 11.1 Å². The second kappa shape index (κ2) is 9.66. The topological polar surface area (TPSA) is 94.6 Å². The fourth-order valence-electron chi connectivity index (χ4n) is 4.58. The maximum atomic E-state index is 12.1. The molecule has 3 fully saturated rings. The molecule has 3 saturated heterocycles. The molecule has 5 rings (SSSR count). The van der Waals surface area contributed by atoms with E-state index in [0.29, 0.717) is 60.8 Å². The van der Waals surface area contributed by atoms with Crippen LogP contribution in [-0.4, -0.2) is 66.1 Å². The monoisotopic (exact) mass is 520 g/mol. The lowest BCUT2D eigenvalue weighted by Gasteiger charge is -2.40. The predicted octanol–water partition coefficient (Wildman–Crippen LogP) is 3.80. The summed E-state index contributed by atoms with van der Waals surface area (Å²) in [6, 6.07) is 13.2. The van der Waals surface area contributed by atoms with E-state index in [4.69, 9.17) is 42.3 Å². The second-order valence-electron chi connectivity index (χ2n) is 8.57. The third kappa shape index (κ3) is 4.69. The van der Waals surface area contributed by atoms with Crippen molar-refractivity contribution >= 4 is 41.2 Å². The smallest absolute Gasteiger partial charge is 0.434 e. The van der Waals surface area contributed by atoms with Gasteiger partial charge in [-0.15, -0.1) is 0 Å². The summed E-state index contributed by atoms with van der Waals surface area (Å²) in [7, 11) is 0. The number of benzene rings is 2. The van der Waals surface area contributed by atoms with Crippen molar-refractivity contribution in [2.24, 2.45) is 0 Å². The Morgan fingerprint density at radius 1 is 1.00 bits per heavy atom. The van der Waals surface area contributed by atoms with Gasteiger partial charge in [0.25, 0.3) is 6.23 Å². The Bertz CT molecular complexity index is 1170. The minimum atomic E-state index is -1.23. The van der Waals surface area contributed by atoms with Crippen molar-refractivity contribution in [3.8, 4) is 11.1 Å². The summed E-state index contributed by atoms with van der Waals surface area (Å²) in [4.78, 5) is 42.1. The molecule has 9 nitrogen and oxygen atoms in total. The van der Waals surface area contributed by atoms with Crippen LogP contribution in [0.1, 0.15) is 18.4 Å². The molecule has 1 amide bonds. The van der Waals surface area contributed by atoms with Crippen LogP contribution in [0.15, 0.2) is 42.5 Å². The van der Waals surface area contributed by atoms with E-state index in [1.807, 2.05) is 42.5 Å². The van der Waals surface area contributed by atoms with E-state index in [2.05, 4.69) is 4.90 Å². The van der Waals surface area contributed by atoms with Gasteiger partial charge in [-0.25, -0.2) is 14.4 Å². The molecule has 3 aliphatic rings. The van der Waals surface area contributed by atoms with Crippen LogP contribution in [0.2, 0.25) is 10.0 Å². The van der Waals surface area contributed by atoms with Gasteiger partial charge in [-0.05, 0) is 29.3 Å². The Balaban J connectivity index is 1.15. The number of nitrogens with zero attached hydrogens (tertiary/aromatic N) is 2. The third-order valence-corrected chi connectivity index (χ3v) is 7.01.